The lowest BCUT2D eigenvalue weighted by molar-refractivity contribution is 0.0739. The smallest absolute Gasteiger partial charge is 0.259 e. The quantitative estimate of drug-likeness (QED) is 0.239. The Hall–Kier alpha value is -6.80. The van der Waals surface area contributed by atoms with Gasteiger partial charge < -0.3 is 28.4 Å². The van der Waals surface area contributed by atoms with Gasteiger partial charge in [-0.3, -0.25) is 19.6 Å². The molecule has 0 atom stereocenters. The van der Waals surface area contributed by atoms with Gasteiger partial charge in [-0.25, -0.2) is 9.37 Å². The number of hydrogen-bond acceptors (Lipinski definition) is 11. The summed E-state index contributed by atoms with van der Waals surface area (Å²) < 4.78 is 24.6. The number of carbonyl (C=O) groups is 2. The maximum absolute atomic E-state index is 13.7. The fourth-order valence-electron chi connectivity index (χ4n) is 6.43. The first-order valence-electron chi connectivity index (χ1n) is 16.6. The molecule has 0 saturated carbocycles. The molecule has 2 aliphatic rings. The molecule has 2 aliphatic heterocycles. The van der Waals surface area contributed by atoms with E-state index in [2.05, 4.69) is 25.9 Å². The number of aryl methyl sites for hydroxylation is 1. The molecule has 14 heteroatoms. The zero-order valence-electron chi connectivity index (χ0n) is 28.2. The number of fused-ring (bicyclic) bond motifs is 2. The number of nitriles is 2. The second-order valence-corrected chi connectivity index (χ2v) is 12.3. The second-order valence-electron chi connectivity index (χ2n) is 12.3. The number of piperazine rings is 2. The van der Waals surface area contributed by atoms with Crippen LogP contribution in [0.5, 0.6) is 0 Å². The molecule has 2 amide bonds. The molecule has 6 heterocycles. The minimum atomic E-state index is -0.436. The lowest BCUT2D eigenvalue weighted by Gasteiger charge is -2.36. The minimum absolute atomic E-state index is 0.0929. The van der Waals surface area contributed by atoms with Gasteiger partial charge in [-0.1, -0.05) is 6.07 Å². The number of pyridine rings is 2. The van der Waals surface area contributed by atoms with Gasteiger partial charge in [0.25, 0.3) is 11.8 Å². The van der Waals surface area contributed by atoms with Crippen molar-refractivity contribution >= 4 is 45.4 Å². The largest absolute Gasteiger partial charge is 0.462 e. The van der Waals surface area contributed by atoms with Crippen molar-refractivity contribution in [3.05, 3.63) is 113 Å². The van der Waals surface area contributed by atoms with Gasteiger partial charge in [0.05, 0.1) is 41.3 Å². The predicted octanol–water partition coefficient (Wildman–Crippen LogP) is 5.17. The standard InChI is InChI=1S/C19H15FN4O2.C19H17N5O2/c20-14-9-13(12-21)10-15(11-14)23-4-6-24(7-5-23)19(25)16-1-3-22-17-2-8-26-18(16)17;1-13-22-17-12-21-11-16(18(17)26-13)19(25)24-7-5-23(6-8-24)15-4-2-3-14(9-15)10-20/h1-3,8-11H,4-7H2;2-4,9,11-12H,5-8H2,1H3. The molecule has 2 saturated heterocycles. The SMILES string of the molecule is Cc1nc2cncc(C(=O)N3CCN(c4cccc(C#N)c4)CC3)c2o1.N#Cc1cc(F)cc(N2CCN(C(=O)c3ccnc4ccoc34)CC2)c1. The third-order valence-corrected chi connectivity index (χ3v) is 9.06. The van der Waals surface area contributed by atoms with Crippen LogP contribution in [0, 0.1) is 35.4 Å². The molecule has 0 radical (unpaired) electrons. The van der Waals surface area contributed by atoms with Crippen LogP contribution in [0.4, 0.5) is 15.8 Å². The van der Waals surface area contributed by atoms with Crippen molar-refractivity contribution in [2.75, 3.05) is 62.2 Å². The second kappa shape index (κ2) is 14.6. The summed E-state index contributed by atoms with van der Waals surface area (Å²) in [6.07, 6.45) is 6.25. The molecule has 13 nitrogen and oxygen atoms in total. The first-order valence-corrected chi connectivity index (χ1v) is 16.6. The monoisotopic (exact) mass is 697 g/mol. The molecule has 6 aromatic rings. The number of nitrogens with zero attached hydrogens (tertiary/aromatic N) is 9. The molecular formula is C38H32FN9O4. The van der Waals surface area contributed by atoms with Crippen LogP contribution in [-0.4, -0.2) is 88.9 Å². The summed E-state index contributed by atoms with van der Waals surface area (Å²) in [6.45, 7) is 6.49. The van der Waals surface area contributed by atoms with E-state index in [0.717, 1.165) is 5.69 Å². The van der Waals surface area contributed by atoms with E-state index in [1.54, 1.807) is 53.4 Å². The van der Waals surface area contributed by atoms with E-state index in [0.29, 0.717) is 103 Å². The number of anilines is 2. The van der Waals surface area contributed by atoms with Crippen LogP contribution in [-0.2, 0) is 0 Å². The average Bonchev–Trinajstić information content (AvgIpc) is 3.83. The van der Waals surface area contributed by atoms with Gasteiger partial charge in [0.15, 0.2) is 17.1 Å². The number of hydrogen-bond donors (Lipinski definition) is 0. The summed E-state index contributed by atoms with van der Waals surface area (Å²) in [4.78, 5) is 46.0. The Kier molecular flexibility index (Phi) is 9.45. The van der Waals surface area contributed by atoms with Crippen LogP contribution in [0.2, 0.25) is 0 Å². The van der Waals surface area contributed by atoms with Crippen LogP contribution in [0.1, 0.15) is 37.7 Å². The summed E-state index contributed by atoms with van der Waals surface area (Å²) in [5.41, 5.74) is 5.76. The fraction of sp³-hybridized carbons (Fsp3) is 0.237. The van der Waals surface area contributed by atoms with Gasteiger partial charge in [0.1, 0.15) is 22.4 Å². The molecule has 0 unspecified atom stereocenters. The molecular weight excluding hydrogens is 665 g/mol. The van der Waals surface area contributed by atoms with E-state index in [1.807, 2.05) is 29.2 Å². The highest BCUT2D eigenvalue weighted by molar-refractivity contribution is 6.04. The summed E-state index contributed by atoms with van der Waals surface area (Å²) in [5, 5.41) is 18.0. The number of halogens is 1. The van der Waals surface area contributed by atoms with E-state index in [4.69, 9.17) is 19.4 Å². The molecule has 2 fully saturated rings. The highest BCUT2D eigenvalue weighted by Crippen LogP contribution is 2.25. The summed E-state index contributed by atoms with van der Waals surface area (Å²) in [7, 11) is 0. The Balaban J connectivity index is 0.000000162. The molecule has 260 valence electrons. The molecule has 0 aliphatic carbocycles. The van der Waals surface area contributed by atoms with E-state index in [-0.39, 0.29) is 17.4 Å². The van der Waals surface area contributed by atoms with Gasteiger partial charge in [-0.2, -0.15) is 10.5 Å². The average molecular weight is 698 g/mol. The van der Waals surface area contributed by atoms with Crippen molar-refractivity contribution in [1.29, 1.82) is 10.5 Å². The lowest BCUT2D eigenvalue weighted by Crippen LogP contribution is -2.48. The summed E-state index contributed by atoms with van der Waals surface area (Å²) >= 11 is 0. The molecule has 0 N–H and O–H groups in total. The number of amides is 2. The fourth-order valence-corrected chi connectivity index (χ4v) is 6.43. The first-order chi connectivity index (χ1) is 25.3. The Morgan fingerprint density at radius 1 is 0.750 bits per heavy atom. The van der Waals surface area contributed by atoms with Crippen LogP contribution in [0.25, 0.3) is 22.2 Å². The summed E-state index contributed by atoms with van der Waals surface area (Å²) in [5.74, 6) is -0.118. The molecule has 0 bridgehead atoms. The van der Waals surface area contributed by atoms with Gasteiger partial charge in [0, 0.05) is 89.1 Å². The van der Waals surface area contributed by atoms with Crippen molar-refractivity contribution in [3.8, 4) is 12.1 Å². The van der Waals surface area contributed by atoms with Gasteiger partial charge in [-0.05, 0) is 42.5 Å². The maximum Gasteiger partial charge on any atom is 0.259 e. The number of aromatic nitrogens is 3. The van der Waals surface area contributed by atoms with Crippen molar-refractivity contribution in [2.24, 2.45) is 0 Å². The van der Waals surface area contributed by atoms with Crippen molar-refractivity contribution in [3.63, 3.8) is 0 Å². The normalized spacial score (nSPS) is 14.5. The Labute approximate surface area is 297 Å². The van der Waals surface area contributed by atoms with E-state index >= 15 is 0 Å². The van der Waals surface area contributed by atoms with Crippen LogP contribution >= 0.6 is 0 Å². The van der Waals surface area contributed by atoms with Gasteiger partial charge >= 0.3 is 0 Å². The Bertz CT molecular complexity index is 2360. The molecule has 52 heavy (non-hydrogen) atoms. The van der Waals surface area contributed by atoms with Crippen LogP contribution in [0.15, 0.2) is 88.3 Å². The van der Waals surface area contributed by atoms with Gasteiger partial charge in [-0.15, -0.1) is 0 Å². The third-order valence-electron chi connectivity index (χ3n) is 9.06. The third kappa shape index (κ3) is 6.95. The summed E-state index contributed by atoms with van der Waals surface area (Å²) in [6, 6.07) is 19.3. The highest BCUT2D eigenvalue weighted by Gasteiger charge is 2.27. The molecule has 4 aromatic heterocycles. The predicted molar refractivity (Wildman–Crippen MR) is 189 cm³/mol. The van der Waals surface area contributed by atoms with Gasteiger partial charge in [0.2, 0.25) is 0 Å². The zero-order chi connectivity index (χ0) is 36.2. The Morgan fingerprint density at radius 3 is 2.13 bits per heavy atom. The number of carbonyl (C=O) groups excluding carboxylic acids is 2. The van der Waals surface area contributed by atoms with E-state index in [9.17, 15) is 14.0 Å². The number of oxazole rings is 1. The number of rotatable bonds is 4. The zero-order valence-corrected chi connectivity index (χ0v) is 28.2. The molecule has 8 rings (SSSR count). The molecule has 2 aromatic carbocycles. The number of furan rings is 1. The first kappa shape index (κ1) is 33.7. The van der Waals surface area contributed by atoms with Crippen molar-refractivity contribution in [1.82, 2.24) is 24.8 Å². The number of benzene rings is 2. The van der Waals surface area contributed by atoms with Crippen molar-refractivity contribution in [2.45, 2.75) is 6.92 Å². The minimum Gasteiger partial charge on any atom is -0.462 e. The Morgan fingerprint density at radius 2 is 1.42 bits per heavy atom. The van der Waals surface area contributed by atoms with Crippen LogP contribution in [0.3, 0.4) is 0 Å². The van der Waals surface area contributed by atoms with Crippen LogP contribution < -0.4 is 9.80 Å². The maximum atomic E-state index is 13.7. The highest BCUT2D eigenvalue weighted by atomic mass is 19.1. The lowest BCUT2D eigenvalue weighted by atomic mass is 10.1. The molecule has 0 spiro atoms. The van der Waals surface area contributed by atoms with Crippen molar-refractivity contribution < 1.29 is 22.8 Å². The van der Waals surface area contributed by atoms with E-state index < -0.39 is 5.82 Å². The van der Waals surface area contributed by atoms with E-state index in [1.165, 1.54) is 24.6 Å². The topological polar surface area (TPSA) is 160 Å².